The van der Waals surface area contributed by atoms with Crippen LogP contribution in [0.3, 0.4) is 0 Å². The molecule has 1 aliphatic heterocycles. The molecule has 2 N–H and O–H groups in total. The topological polar surface area (TPSA) is 74.2 Å². The van der Waals surface area contributed by atoms with Crippen LogP contribution in [0.15, 0.2) is 36.8 Å². The molecule has 2 aromatic heterocycles. The fourth-order valence-corrected chi connectivity index (χ4v) is 2.99. The molecule has 0 bridgehead atoms. The maximum absolute atomic E-state index is 9.45. The molecule has 0 radical (unpaired) electrons. The van der Waals surface area contributed by atoms with Crippen LogP contribution in [0.1, 0.15) is 19.3 Å². The number of aliphatic hydroxyl groups excluding tert-OH is 1. The summed E-state index contributed by atoms with van der Waals surface area (Å²) in [7, 11) is 0. The van der Waals surface area contributed by atoms with Crippen LogP contribution in [0.4, 0.5) is 5.95 Å². The van der Waals surface area contributed by atoms with Crippen LogP contribution in [-0.4, -0.2) is 57.2 Å². The summed E-state index contributed by atoms with van der Waals surface area (Å²) < 4.78 is 0. The van der Waals surface area contributed by atoms with Crippen molar-refractivity contribution in [3.63, 3.8) is 0 Å². The van der Waals surface area contributed by atoms with Crippen LogP contribution < -0.4 is 5.32 Å². The van der Waals surface area contributed by atoms with Gasteiger partial charge in [-0.1, -0.05) is 6.42 Å². The highest BCUT2D eigenvalue weighted by atomic mass is 16.3. The van der Waals surface area contributed by atoms with E-state index in [1.54, 1.807) is 18.6 Å². The van der Waals surface area contributed by atoms with Gasteiger partial charge in [-0.05, 0) is 37.6 Å². The van der Waals surface area contributed by atoms with Gasteiger partial charge in [-0.25, -0.2) is 9.97 Å². The molecular formula is C17H23N5O. The Bertz CT molecular complexity index is 607. The molecule has 0 spiro atoms. The first kappa shape index (κ1) is 15.8. The molecule has 122 valence electrons. The van der Waals surface area contributed by atoms with E-state index < -0.39 is 0 Å². The number of nitrogens with one attached hydrogen (secondary N) is 1. The number of piperidine rings is 1. The summed E-state index contributed by atoms with van der Waals surface area (Å²) in [6, 6.07) is 6.07. The number of aliphatic hydroxyl groups is 1. The van der Waals surface area contributed by atoms with Gasteiger partial charge in [0.2, 0.25) is 5.95 Å². The lowest BCUT2D eigenvalue weighted by Crippen LogP contribution is -2.44. The first-order valence-corrected chi connectivity index (χ1v) is 8.19. The fourth-order valence-electron chi connectivity index (χ4n) is 2.99. The summed E-state index contributed by atoms with van der Waals surface area (Å²) in [5.41, 5.74) is 1.84. The summed E-state index contributed by atoms with van der Waals surface area (Å²) in [4.78, 5) is 15.3. The molecule has 2 aromatic rings. The van der Waals surface area contributed by atoms with E-state index in [1.165, 1.54) is 12.8 Å². The SMILES string of the molecule is OCC1CCCCN1CCNc1nccc(-c2cccnc2)n1. The largest absolute Gasteiger partial charge is 0.395 e. The first-order chi connectivity index (χ1) is 11.4. The number of likely N-dealkylation sites (tertiary alicyclic amines) is 1. The molecule has 3 rings (SSSR count). The Morgan fingerprint density at radius 2 is 2.22 bits per heavy atom. The van der Waals surface area contributed by atoms with E-state index in [0.29, 0.717) is 12.0 Å². The van der Waals surface area contributed by atoms with Gasteiger partial charge in [-0.2, -0.15) is 0 Å². The quantitative estimate of drug-likeness (QED) is 0.847. The maximum atomic E-state index is 9.45. The first-order valence-electron chi connectivity index (χ1n) is 8.19. The predicted octanol–water partition coefficient (Wildman–Crippen LogP) is 1.80. The Labute approximate surface area is 136 Å². The van der Waals surface area contributed by atoms with Crippen LogP contribution in [0.25, 0.3) is 11.3 Å². The van der Waals surface area contributed by atoms with E-state index in [-0.39, 0.29) is 6.61 Å². The molecule has 0 aromatic carbocycles. The van der Waals surface area contributed by atoms with Gasteiger partial charge >= 0.3 is 0 Å². The van der Waals surface area contributed by atoms with E-state index in [2.05, 4.69) is 25.2 Å². The number of hydrogen-bond donors (Lipinski definition) is 2. The fraction of sp³-hybridized carbons (Fsp3) is 0.471. The van der Waals surface area contributed by atoms with Gasteiger partial charge in [0.05, 0.1) is 12.3 Å². The summed E-state index contributed by atoms with van der Waals surface area (Å²) >= 11 is 0. The molecule has 6 heteroatoms. The zero-order chi connectivity index (χ0) is 15.9. The third-order valence-electron chi connectivity index (χ3n) is 4.25. The normalized spacial score (nSPS) is 18.7. The summed E-state index contributed by atoms with van der Waals surface area (Å²) in [5.74, 6) is 0.629. The van der Waals surface area contributed by atoms with Crippen molar-refractivity contribution >= 4 is 5.95 Å². The number of nitrogens with zero attached hydrogens (tertiary/aromatic N) is 4. The predicted molar refractivity (Wildman–Crippen MR) is 90.1 cm³/mol. The molecule has 6 nitrogen and oxygen atoms in total. The van der Waals surface area contributed by atoms with Gasteiger partial charge in [0, 0.05) is 43.3 Å². The lowest BCUT2D eigenvalue weighted by Gasteiger charge is -2.34. The molecule has 0 amide bonds. The van der Waals surface area contributed by atoms with Gasteiger partial charge in [0.15, 0.2) is 0 Å². The van der Waals surface area contributed by atoms with Gasteiger partial charge in [-0.15, -0.1) is 0 Å². The Hall–Kier alpha value is -2.05. The molecule has 23 heavy (non-hydrogen) atoms. The molecule has 0 aliphatic carbocycles. The minimum atomic E-state index is 0.243. The number of rotatable bonds is 6. The zero-order valence-electron chi connectivity index (χ0n) is 13.2. The average molecular weight is 313 g/mol. The summed E-state index contributed by atoms with van der Waals surface area (Å²) in [6.07, 6.45) is 8.82. The third kappa shape index (κ3) is 4.24. The molecule has 0 saturated carbocycles. The molecule has 1 unspecified atom stereocenters. The average Bonchev–Trinajstić information content (AvgIpc) is 2.63. The Morgan fingerprint density at radius 3 is 3.04 bits per heavy atom. The lowest BCUT2D eigenvalue weighted by molar-refractivity contribution is 0.0940. The highest BCUT2D eigenvalue weighted by molar-refractivity contribution is 5.58. The highest BCUT2D eigenvalue weighted by Gasteiger charge is 2.20. The molecule has 3 heterocycles. The van der Waals surface area contributed by atoms with Crippen molar-refractivity contribution in [3.05, 3.63) is 36.8 Å². The van der Waals surface area contributed by atoms with E-state index in [1.807, 2.05) is 18.2 Å². The number of anilines is 1. The molecule has 1 aliphatic rings. The molecule has 1 atom stereocenters. The Balaban J connectivity index is 1.56. The van der Waals surface area contributed by atoms with Gasteiger partial charge in [0.1, 0.15) is 0 Å². The van der Waals surface area contributed by atoms with Crippen molar-refractivity contribution in [3.8, 4) is 11.3 Å². The zero-order valence-corrected chi connectivity index (χ0v) is 13.2. The summed E-state index contributed by atoms with van der Waals surface area (Å²) in [6.45, 7) is 2.97. The second kappa shape index (κ2) is 7.99. The third-order valence-corrected chi connectivity index (χ3v) is 4.25. The van der Waals surface area contributed by atoms with Gasteiger partial charge < -0.3 is 10.4 Å². The minimum Gasteiger partial charge on any atom is -0.395 e. The van der Waals surface area contributed by atoms with Crippen molar-refractivity contribution in [2.75, 3.05) is 31.6 Å². The van der Waals surface area contributed by atoms with Crippen LogP contribution in [-0.2, 0) is 0 Å². The monoisotopic (exact) mass is 313 g/mol. The Morgan fingerprint density at radius 1 is 1.26 bits per heavy atom. The van der Waals surface area contributed by atoms with Crippen molar-refractivity contribution < 1.29 is 5.11 Å². The van der Waals surface area contributed by atoms with Gasteiger partial charge in [0.25, 0.3) is 0 Å². The van der Waals surface area contributed by atoms with Crippen molar-refractivity contribution in [1.29, 1.82) is 0 Å². The number of aromatic nitrogens is 3. The highest BCUT2D eigenvalue weighted by Crippen LogP contribution is 2.17. The molecule has 1 saturated heterocycles. The van der Waals surface area contributed by atoms with Gasteiger partial charge in [-0.3, -0.25) is 9.88 Å². The minimum absolute atomic E-state index is 0.243. The van der Waals surface area contributed by atoms with Crippen molar-refractivity contribution in [1.82, 2.24) is 19.9 Å². The Kier molecular flexibility index (Phi) is 5.50. The van der Waals surface area contributed by atoms with Crippen LogP contribution in [0.5, 0.6) is 0 Å². The van der Waals surface area contributed by atoms with E-state index in [9.17, 15) is 5.11 Å². The van der Waals surface area contributed by atoms with Crippen LogP contribution in [0.2, 0.25) is 0 Å². The summed E-state index contributed by atoms with van der Waals surface area (Å²) in [5, 5.41) is 12.7. The standard InChI is InChI=1S/C17H23N5O/c23-13-15-5-1-2-10-22(15)11-9-20-17-19-8-6-16(21-17)14-4-3-7-18-12-14/h3-4,6-8,12,15,23H,1-2,5,9-11,13H2,(H,19,20,21). The molecule has 1 fully saturated rings. The van der Waals surface area contributed by atoms with E-state index >= 15 is 0 Å². The van der Waals surface area contributed by atoms with E-state index in [4.69, 9.17) is 0 Å². The van der Waals surface area contributed by atoms with Crippen LogP contribution in [0, 0.1) is 0 Å². The smallest absolute Gasteiger partial charge is 0.223 e. The van der Waals surface area contributed by atoms with Crippen molar-refractivity contribution in [2.45, 2.75) is 25.3 Å². The number of hydrogen-bond acceptors (Lipinski definition) is 6. The van der Waals surface area contributed by atoms with E-state index in [0.717, 1.165) is 37.3 Å². The van der Waals surface area contributed by atoms with Crippen LogP contribution >= 0.6 is 0 Å². The lowest BCUT2D eigenvalue weighted by atomic mass is 10.0. The second-order valence-electron chi connectivity index (χ2n) is 5.80. The number of pyridine rings is 1. The maximum Gasteiger partial charge on any atom is 0.223 e. The second-order valence-corrected chi connectivity index (χ2v) is 5.80. The molecular weight excluding hydrogens is 290 g/mol. The van der Waals surface area contributed by atoms with Crippen molar-refractivity contribution in [2.24, 2.45) is 0 Å².